The Morgan fingerprint density at radius 3 is 2.86 bits per heavy atom. The molecule has 0 N–H and O–H groups in total. The van der Waals surface area contributed by atoms with Gasteiger partial charge in [-0.1, -0.05) is 48.6 Å². The number of aromatic nitrogens is 1. The highest BCUT2D eigenvalue weighted by Crippen LogP contribution is 2.32. The number of rotatable bonds is 2. The molecule has 4 rings (SSSR count). The largest absolute Gasteiger partial charge is 0.343 e. The molecule has 0 saturated carbocycles. The van der Waals surface area contributed by atoms with Crippen molar-refractivity contribution in [2.24, 2.45) is 0 Å². The topological polar surface area (TPSA) is 16.1 Å². The lowest BCUT2D eigenvalue weighted by Crippen LogP contribution is -2.30. The predicted octanol–water partition coefficient (Wildman–Crippen LogP) is 4.42. The van der Waals surface area contributed by atoms with Crippen molar-refractivity contribution in [3.05, 3.63) is 59.2 Å². The fourth-order valence-electron chi connectivity index (χ4n) is 2.97. The SMILES string of the molecule is CCc1ccc2nc(N3CCc4ccccc4C3)sc2c1. The number of nitrogens with zero attached hydrogens (tertiary/aromatic N) is 2. The lowest BCUT2D eigenvalue weighted by atomic mass is 10.0. The summed E-state index contributed by atoms with van der Waals surface area (Å²) in [6.07, 6.45) is 2.20. The van der Waals surface area contributed by atoms with Crippen molar-refractivity contribution < 1.29 is 0 Å². The van der Waals surface area contributed by atoms with Crippen LogP contribution in [0, 0.1) is 0 Å². The summed E-state index contributed by atoms with van der Waals surface area (Å²) in [6.45, 7) is 4.25. The zero-order valence-corrected chi connectivity index (χ0v) is 13.0. The second kappa shape index (κ2) is 5.15. The van der Waals surface area contributed by atoms with Gasteiger partial charge in [-0.3, -0.25) is 0 Å². The van der Waals surface area contributed by atoms with Gasteiger partial charge in [0, 0.05) is 13.1 Å². The van der Waals surface area contributed by atoms with Gasteiger partial charge in [0.1, 0.15) is 0 Å². The van der Waals surface area contributed by atoms with E-state index in [9.17, 15) is 0 Å². The molecule has 21 heavy (non-hydrogen) atoms. The highest BCUT2D eigenvalue weighted by atomic mass is 32.1. The van der Waals surface area contributed by atoms with E-state index in [2.05, 4.69) is 54.3 Å². The molecule has 0 radical (unpaired) electrons. The molecule has 0 aliphatic carbocycles. The maximum Gasteiger partial charge on any atom is 0.186 e. The van der Waals surface area contributed by atoms with Crippen LogP contribution in [0.5, 0.6) is 0 Å². The molecule has 0 saturated heterocycles. The van der Waals surface area contributed by atoms with Gasteiger partial charge in [0.2, 0.25) is 0 Å². The minimum Gasteiger partial charge on any atom is -0.343 e. The van der Waals surface area contributed by atoms with Gasteiger partial charge >= 0.3 is 0 Å². The van der Waals surface area contributed by atoms with Crippen LogP contribution in [-0.2, 0) is 19.4 Å². The van der Waals surface area contributed by atoms with Crippen LogP contribution < -0.4 is 4.90 Å². The molecule has 1 aromatic heterocycles. The van der Waals surface area contributed by atoms with Crippen molar-refractivity contribution in [1.29, 1.82) is 0 Å². The number of hydrogen-bond acceptors (Lipinski definition) is 3. The van der Waals surface area contributed by atoms with Crippen molar-refractivity contribution in [1.82, 2.24) is 4.98 Å². The third kappa shape index (κ3) is 2.32. The van der Waals surface area contributed by atoms with E-state index in [-0.39, 0.29) is 0 Å². The Morgan fingerprint density at radius 1 is 1.14 bits per heavy atom. The Bertz CT molecular complexity index is 791. The molecule has 2 nitrogen and oxygen atoms in total. The molecule has 1 aliphatic rings. The third-order valence-electron chi connectivity index (χ3n) is 4.25. The summed E-state index contributed by atoms with van der Waals surface area (Å²) in [5, 5.41) is 1.16. The number of benzene rings is 2. The van der Waals surface area contributed by atoms with Crippen LogP contribution in [0.2, 0.25) is 0 Å². The van der Waals surface area contributed by atoms with Crippen LogP contribution in [0.1, 0.15) is 23.6 Å². The summed E-state index contributed by atoms with van der Waals surface area (Å²) in [5.74, 6) is 0. The number of hydrogen-bond donors (Lipinski definition) is 0. The van der Waals surface area contributed by atoms with Gasteiger partial charge in [-0.15, -0.1) is 0 Å². The highest BCUT2D eigenvalue weighted by molar-refractivity contribution is 7.22. The molecular weight excluding hydrogens is 276 g/mol. The fraction of sp³-hybridized carbons (Fsp3) is 0.278. The molecule has 0 bridgehead atoms. The number of fused-ring (bicyclic) bond motifs is 2. The quantitative estimate of drug-likeness (QED) is 0.695. The summed E-state index contributed by atoms with van der Waals surface area (Å²) in [5.41, 5.74) is 5.45. The van der Waals surface area contributed by atoms with Crippen LogP contribution in [0.15, 0.2) is 42.5 Å². The standard InChI is InChI=1S/C18H18N2S/c1-2-13-7-8-16-17(11-13)21-18(19-16)20-10-9-14-5-3-4-6-15(14)12-20/h3-8,11H,2,9-10,12H2,1H3. The second-order valence-corrected chi connectivity index (χ2v) is 6.60. The van der Waals surface area contributed by atoms with Gasteiger partial charge < -0.3 is 4.90 Å². The first-order chi connectivity index (χ1) is 10.3. The monoisotopic (exact) mass is 294 g/mol. The molecule has 2 aromatic carbocycles. The molecule has 106 valence electrons. The van der Waals surface area contributed by atoms with Crippen LogP contribution in [0.3, 0.4) is 0 Å². The Hall–Kier alpha value is -1.87. The summed E-state index contributed by atoms with van der Waals surface area (Å²) in [4.78, 5) is 7.24. The molecule has 0 fully saturated rings. The smallest absolute Gasteiger partial charge is 0.186 e. The Labute approximate surface area is 129 Å². The van der Waals surface area contributed by atoms with E-state index in [0.717, 1.165) is 36.6 Å². The molecule has 1 aliphatic heterocycles. The van der Waals surface area contributed by atoms with Crippen LogP contribution in [-0.4, -0.2) is 11.5 Å². The number of aryl methyl sites for hydroxylation is 1. The number of thiazole rings is 1. The van der Waals surface area contributed by atoms with E-state index < -0.39 is 0 Å². The average molecular weight is 294 g/mol. The minimum atomic E-state index is 0.983. The van der Waals surface area contributed by atoms with Crippen molar-refractivity contribution >= 4 is 26.7 Å². The van der Waals surface area contributed by atoms with Gasteiger partial charge in [-0.05, 0) is 41.7 Å². The first-order valence-electron chi connectivity index (χ1n) is 7.54. The summed E-state index contributed by atoms with van der Waals surface area (Å²) in [7, 11) is 0. The lowest BCUT2D eigenvalue weighted by Gasteiger charge is -2.28. The van der Waals surface area contributed by atoms with Crippen molar-refractivity contribution in [3.8, 4) is 0 Å². The third-order valence-corrected chi connectivity index (χ3v) is 5.33. The molecule has 0 unspecified atom stereocenters. The van der Waals surface area contributed by atoms with E-state index in [0.29, 0.717) is 0 Å². The maximum atomic E-state index is 4.83. The molecule has 0 spiro atoms. The Balaban J connectivity index is 1.68. The Kier molecular flexibility index (Phi) is 3.15. The Morgan fingerprint density at radius 2 is 2.00 bits per heavy atom. The predicted molar refractivity (Wildman–Crippen MR) is 90.2 cm³/mol. The van der Waals surface area contributed by atoms with Gasteiger partial charge in [0.05, 0.1) is 10.2 Å². The first kappa shape index (κ1) is 12.8. The summed E-state index contributed by atoms with van der Waals surface area (Å²) >= 11 is 1.82. The minimum absolute atomic E-state index is 0.983. The molecule has 3 aromatic rings. The lowest BCUT2D eigenvalue weighted by molar-refractivity contribution is 0.730. The van der Waals surface area contributed by atoms with Crippen LogP contribution in [0.4, 0.5) is 5.13 Å². The first-order valence-corrected chi connectivity index (χ1v) is 8.36. The van der Waals surface area contributed by atoms with Crippen molar-refractivity contribution in [3.63, 3.8) is 0 Å². The average Bonchev–Trinajstić information content (AvgIpc) is 2.97. The van der Waals surface area contributed by atoms with E-state index in [1.165, 1.54) is 21.4 Å². The van der Waals surface area contributed by atoms with Gasteiger partial charge in [-0.25, -0.2) is 4.98 Å². The molecule has 0 amide bonds. The van der Waals surface area contributed by atoms with E-state index >= 15 is 0 Å². The summed E-state index contributed by atoms with van der Waals surface area (Å²) in [6, 6.07) is 15.4. The van der Waals surface area contributed by atoms with Gasteiger partial charge in [-0.2, -0.15) is 0 Å². The summed E-state index contributed by atoms with van der Waals surface area (Å²) < 4.78 is 1.31. The van der Waals surface area contributed by atoms with E-state index in [1.54, 1.807) is 0 Å². The number of anilines is 1. The van der Waals surface area contributed by atoms with Crippen molar-refractivity contribution in [2.75, 3.05) is 11.4 Å². The van der Waals surface area contributed by atoms with Crippen molar-refractivity contribution in [2.45, 2.75) is 26.3 Å². The van der Waals surface area contributed by atoms with E-state index in [1.807, 2.05) is 11.3 Å². The molecule has 3 heteroatoms. The van der Waals surface area contributed by atoms with E-state index in [4.69, 9.17) is 4.98 Å². The van der Waals surface area contributed by atoms with Crippen LogP contribution >= 0.6 is 11.3 Å². The zero-order chi connectivity index (χ0) is 14.2. The second-order valence-electron chi connectivity index (χ2n) is 5.59. The zero-order valence-electron chi connectivity index (χ0n) is 12.2. The molecule has 2 heterocycles. The van der Waals surface area contributed by atoms with Crippen LogP contribution in [0.25, 0.3) is 10.2 Å². The van der Waals surface area contributed by atoms with Gasteiger partial charge in [0.15, 0.2) is 5.13 Å². The normalized spacial score (nSPS) is 14.4. The molecular formula is C18H18N2S. The highest BCUT2D eigenvalue weighted by Gasteiger charge is 2.18. The molecule has 0 atom stereocenters. The van der Waals surface area contributed by atoms with Gasteiger partial charge in [0.25, 0.3) is 0 Å². The maximum absolute atomic E-state index is 4.83. The fourth-order valence-corrected chi connectivity index (χ4v) is 4.03.